The van der Waals surface area contributed by atoms with Gasteiger partial charge in [0.2, 0.25) is 0 Å². The first-order valence-electron chi connectivity index (χ1n) is 5.18. The lowest BCUT2D eigenvalue weighted by Crippen LogP contribution is -2.40. The Morgan fingerprint density at radius 1 is 1.38 bits per heavy atom. The summed E-state index contributed by atoms with van der Waals surface area (Å²) in [5.74, 6) is 0. The van der Waals surface area contributed by atoms with E-state index < -0.39 is 0 Å². The van der Waals surface area contributed by atoms with E-state index in [1.54, 1.807) is 18.2 Å². The third-order valence-electron chi connectivity index (χ3n) is 2.47. The number of nitriles is 1. The maximum atomic E-state index is 8.81. The number of nitrogens with two attached hydrogens (primary N) is 1. The molecular weight excluding hydrogens is 204 g/mol. The number of hydrazine groups is 1. The Balaban J connectivity index is 2.10. The van der Waals surface area contributed by atoms with Gasteiger partial charge in [-0.15, -0.1) is 0 Å². The molecule has 0 amide bonds. The molecule has 1 aliphatic heterocycles. The molecule has 1 saturated heterocycles. The lowest BCUT2D eigenvalue weighted by molar-refractivity contribution is 0.0497. The second-order valence-electron chi connectivity index (χ2n) is 3.63. The highest BCUT2D eigenvalue weighted by atomic mass is 16.5. The first-order valence-corrected chi connectivity index (χ1v) is 5.18. The summed E-state index contributed by atoms with van der Waals surface area (Å²) < 4.78 is 5.25. The number of nitrogens with zero attached hydrogens (tertiary/aromatic N) is 2. The third kappa shape index (κ3) is 2.42. The minimum Gasteiger partial charge on any atom is -0.397 e. The van der Waals surface area contributed by atoms with Gasteiger partial charge in [0, 0.05) is 13.1 Å². The highest BCUT2D eigenvalue weighted by Gasteiger charge is 2.11. The van der Waals surface area contributed by atoms with Crippen LogP contribution in [0.3, 0.4) is 0 Å². The normalized spacial score (nSPS) is 16.7. The molecule has 0 radical (unpaired) electrons. The number of anilines is 2. The SMILES string of the molecule is N#Cc1ccc(N)c(NN2CCOCC2)c1. The quantitative estimate of drug-likeness (QED) is 0.718. The maximum absolute atomic E-state index is 8.81. The van der Waals surface area contributed by atoms with E-state index in [-0.39, 0.29) is 0 Å². The van der Waals surface area contributed by atoms with Gasteiger partial charge in [0.15, 0.2) is 0 Å². The van der Waals surface area contributed by atoms with Crippen molar-refractivity contribution in [1.29, 1.82) is 5.26 Å². The van der Waals surface area contributed by atoms with Gasteiger partial charge in [-0.2, -0.15) is 5.26 Å². The Kier molecular flexibility index (Phi) is 3.25. The zero-order valence-corrected chi connectivity index (χ0v) is 8.94. The van der Waals surface area contributed by atoms with E-state index in [0.29, 0.717) is 24.5 Å². The van der Waals surface area contributed by atoms with Crippen LogP contribution in [0.25, 0.3) is 0 Å². The molecule has 1 fully saturated rings. The summed E-state index contributed by atoms with van der Waals surface area (Å²) in [5.41, 5.74) is 11.1. The van der Waals surface area contributed by atoms with Gasteiger partial charge in [0.1, 0.15) is 0 Å². The van der Waals surface area contributed by atoms with Crippen LogP contribution in [0.4, 0.5) is 11.4 Å². The fourth-order valence-electron chi connectivity index (χ4n) is 1.57. The van der Waals surface area contributed by atoms with Crippen molar-refractivity contribution in [2.75, 3.05) is 37.5 Å². The van der Waals surface area contributed by atoms with Crippen LogP contribution in [0.2, 0.25) is 0 Å². The van der Waals surface area contributed by atoms with E-state index >= 15 is 0 Å². The minimum absolute atomic E-state index is 0.602. The summed E-state index contributed by atoms with van der Waals surface area (Å²) in [6, 6.07) is 7.29. The molecule has 0 atom stereocenters. The number of morpholine rings is 1. The minimum atomic E-state index is 0.602. The van der Waals surface area contributed by atoms with Gasteiger partial charge >= 0.3 is 0 Å². The summed E-state index contributed by atoms with van der Waals surface area (Å²) in [5, 5.41) is 10.8. The molecule has 0 bridgehead atoms. The summed E-state index contributed by atoms with van der Waals surface area (Å²) in [6.45, 7) is 3.06. The Labute approximate surface area is 94.4 Å². The Hall–Kier alpha value is -1.77. The van der Waals surface area contributed by atoms with Gasteiger partial charge in [0.25, 0.3) is 0 Å². The molecule has 5 heteroatoms. The number of rotatable bonds is 2. The van der Waals surface area contributed by atoms with Gasteiger partial charge in [-0.25, -0.2) is 5.01 Å². The first-order chi connectivity index (χ1) is 7.79. The summed E-state index contributed by atoms with van der Waals surface area (Å²) >= 11 is 0. The highest BCUT2D eigenvalue weighted by molar-refractivity contribution is 5.67. The fraction of sp³-hybridized carbons (Fsp3) is 0.364. The molecule has 1 aromatic carbocycles. The Morgan fingerprint density at radius 2 is 2.12 bits per heavy atom. The second-order valence-corrected chi connectivity index (χ2v) is 3.63. The number of nitrogen functional groups attached to an aromatic ring is 1. The molecule has 0 saturated carbocycles. The average Bonchev–Trinajstić information content (AvgIpc) is 2.33. The maximum Gasteiger partial charge on any atom is 0.0992 e. The van der Waals surface area contributed by atoms with Crippen LogP contribution in [0.5, 0.6) is 0 Å². The molecule has 84 valence electrons. The van der Waals surface area contributed by atoms with Crippen molar-refractivity contribution in [2.45, 2.75) is 0 Å². The summed E-state index contributed by atoms with van der Waals surface area (Å²) in [4.78, 5) is 0. The second kappa shape index (κ2) is 4.84. The number of hydrogen-bond donors (Lipinski definition) is 2. The van der Waals surface area contributed by atoms with Crippen molar-refractivity contribution in [3.8, 4) is 6.07 Å². The number of nitrogens with one attached hydrogen (secondary N) is 1. The number of ether oxygens (including phenoxy) is 1. The molecule has 1 aromatic rings. The van der Waals surface area contributed by atoms with Crippen molar-refractivity contribution in [1.82, 2.24) is 5.01 Å². The van der Waals surface area contributed by atoms with Crippen molar-refractivity contribution in [2.24, 2.45) is 0 Å². The van der Waals surface area contributed by atoms with Crippen LogP contribution in [0.1, 0.15) is 5.56 Å². The topological polar surface area (TPSA) is 74.3 Å². The predicted molar refractivity (Wildman–Crippen MR) is 61.6 cm³/mol. The lowest BCUT2D eigenvalue weighted by Gasteiger charge is -2.28. The molecular formula is C11H14N4O. The van der Waals surface area contributed by atoms with Crippen LogP contribution >= 0.6 is 0 Å². The van der Waals surface area contributed by atoms with E-state index in [1.807, 2.05) is 5.01 Å². The van der Waals surface area contributed by atoms with Crippen LogP contribution in [-0.4, -0.2) is 31.3 Å². The highest BCUT2D eigenvalue weighted by Crippen LogP contribution is 2.20. The molecule has 0 unspecified atom stereocenters. The van der Waals surface area contributed by atoms with E-state index in [2.05, 4.69) is 11.5 Å². The molecule has 0 spiro atoms. The monoisotopic (exact) mass is 218 g/mol. The zero-order chi connectivity index (χ0) is 11.4. The smallest absolute Gasteiger partial charge is 0.0992 e. The Morgan fingerprint density at radius 3 is 2.81 bits per heavy atom. The number of benzene rings is 1. The van der Waals surface area contributed by atoms with Crippen molar-refractivity contribution < 1.29 is 4.74 Å². The van der Waals surface area contributed by atoms with Gasteiger partial charge < -0.3 is 15.9 Å². The average molecular weight is 218 g/mol. The predicted octanol–water partition coefficient (Wildman–Crippen LogP) is 0.800. The van der Waals surface area contributed by atoms with E-state index in [1.165, 1.54) is 0 Å². The number of hydrogen-bond acceptors (Lipinski definition) is 5. The molecule has 1 aliphatic rings. The molecule has 5 nitrogen and oxygen atoms in total. The molecule has 2 rings (SSSR count). The van der Waals surface area contributed by atoms with Gasteiger partial charge in [-0.3, -0.25) is 0 Å². The van der Waals surface area contributed by atoms with Crippen LogP contribution in [0.15, 0.2) is 18.2 Å². The van der Waals surface area contributed by atoms with Gasteiger partial charge in [-0.05, 0) is 18.2 Å². The van der Waals surface area contributed by atoms with Crippen molar-refractivity contribution in [3.63, 3.8) is 0 Å². The van der Waals surface area contributed by atoms with Crippen molar-refractivity contribution in [3.05, 3.63) is 23.8 Å². The third-order valence-corrected chi connectivity index (χ3v) is 2.47. The lowest BCUT2D eigenvalue weighted by atomic mass is 10.2. The van der Waals surface area contributed by atoms with Gasteiger partial charge in [-0.1, -0.05) is 0 Å². The molecule has 0 aromatic heterocycles. The van der Waals surface area contributed by atoms with E-state index in [4.69, 9.17) is 15.7 Å². The molecule has 1 heterocycles. The van der Waals surface area contributed by atoms with Gasteiger partial charge in [0.05, 0.1) is 36.2 Å². The Bertz CT molecular complexity index is 407. The van der Waals surface area contributed by atoms with E-state index in [9.17, 15) is 0 Å². The molecule has 16 heavy (non-hydrogen) atoms. The van der Waals surface area contributed by atoms with Crippen LogP contribution < -0.4 is 11.2 Å². The van der Waals surface area contributed by atoms with E-state index in [0.717, 1.165) is 18.8 Å². The molecule has 0 aliphatic carbocycles. The summed E-state index contributed by atoms with van der Waals surface area (Å²) in [6.07, 6.45) is 0. The van der Waals surface area contributed by atoms with Crippen molar-refractivity contribution >= 4 is 11.4 Å². The summed E-state index contributed by atoms with van der Waals surface area (Å²) in [7, 11) is 0. The standard InChI is InChI=1S/C11H14N4O/c12-8-9-1-2-10(13)11(7-9)14-15-3-5-16-6-4-15/h1-2,7,14H,3-6,13H2. The largest absolute Gasteiger partial charge is 0.397 e. The first kappa shape index (κ1) is 10.7. The zero-order valence-electron chi connectivity index (χ0n) is 8.94. The van der Waals surface area contributed by atoms with Crippen LogP contribution in [0, 0.1) is 11.3 Å². The molecule has 3 N–H and O–H groups in total. The van der Waals surface area contributed by atoms with Crippen LogP contribution in [-0.2, 0) is 4.74 Å². The fourth-order valence-corrected chi connectivity index (χ4v) is 1.57.